The number of rotatable bonds is 5. The normalized spacial score (nSPS) is 10.9. The summed E-state index contributed by atoms with van der Waals surface area (Å²) < 4.78 is 15.4. The van der Waals surface area contributed by atoms with Crippen LogP contribution in [-0.2, 0) is 13.1 Å². The van der Waals surface area contributed by atoms with E-state index in [1.807, 2.05) is 24.0 Å². The van der Waals surface area contributed by atoms with Crippen LogP contribution in [0.1, 0.15) is 24.6 Å². The minimum Gasteiger partial charge on any atom is -0.316 e. The van der Waals surface area contributed by atoms with Crippen LogP contribution in [0.5, 0.6) is 0 Å². The lowest BCUT2D eigenvalue weighted by molar-refractivity contribution is 0.587. The highest BCUT2D eigenvalue weighted by atomic mass is 19.1. The smallest absolute Gasteiger partial charge is 0.123 e. The molecule has 19 heavy (non-hydrogen) atoms. The molecule has 0 radical (unpaired) electrons. The molecule has 0 unspecified atom stereocenters. The molecule has 0 aliphatic heterocycles. The van der Waals surface area contributed by atoms with Crippen molar-refractivity contribution in [1.29, 1.82) is 0 Å². The first-order valence-corrected chi connectivity index (χ1v) is 6.63. The molecule has 0 aliphatic carbocycles. The molecule has 1 aromatic carbocycles. The van der Waals surface area contributed by atoms with Gasteiger partial charge in [0.05, 0.1) is 6.20 Å². The van der Waals surface area contributed by atoms with Gasteiger partial charge in [-0.25, -0.2) is 4.39 Å². The Balaban J connectivity index is 2.46. The van der Waals surface area contributed by atoms with Crippen molar-refractivity contribution in [1.82, 2.24) is 15.1 Å². The monoisotopic (exact) mass is 261 g/mol. The van der Waals surface area contributed by atoms with Gasteiger partial charge in [-0.1, -0.05) is 13.0 Å². The molecule has 2 rings (SSSR count). The van der Waals surface area contributed by atoms with E-state index < -0.39 is 0 Å². The number of hydrogen-bond acceptors (Lipinski definition) is 2. The molecule has 2 aromatic rings. The lowest BCUT2D eigenvalue weighted by Gasteiger charge is -2.10. The van der Waals surface area contributed by atoms with Gasteiger partial charge in [-0.15, -0.1) is 0 Å². The van der Waals surface area contributed by atoms with E-state index in [4.69, 9.17) is 0 Å². The summed E-state index contributed by atoms with van der Waals surface area (Å²) in [5.41, 5.74) is 4.22. The molecule has 0 fully saturated rings. The molecule has 0 amide bonds. The molecular formula is C15H20FN3. The predicted molar refractivity (Wildman–Crippen MR) is 75.4 cm³/mol. The zero-order valence-corrected chi connectivity index (χ0v) is 11.7. The average molecular weight is 261 g/mol. The first kappa shape index (κ1) is 13.7. The molecule has 0 atom stereocenters. The van der Waals surface area contributed by atoms with Gasteiger partial charge in [0.1, 0.15) is 5.82 Å². The summed E-state index contributed by atoms with van der Waals surface area (Å²) in [6.07, 6.45) is 2.92. The van der Waals surface area contributed by atoms with E-state index in [0.717, 1.165) is 35.3 Å². The fourth-order valence-corrected chi connectivity index (χ4v) is 2.31. The standard InChI is InChI=1S/C15H20FN3/c1-4-7-19-11(2)15(10-18-19)14-6-5-13(16)8-12(14)9-17-3/h5-6,8,10,17H,4,7,9H2,1-3H3. The Morgan fingerprint density at radius 1 is 1.32 bits per heavy atom. The molecule has 0 saturated heterocycles. The van der Waals surface area contributed by atoms with Gasteiger partial charge >= 0.3 is 0 Å². The number of halogens is 1. The molecular weight excluding hydrogens is 241 g/mol. The summed E-state index contributed by atoms with van der Waals surface area (Å²) in [6.45, 7) is 5.75. The van der Waals surface area contributed by atoms with Gasteiger partial charge in [0, 0.05) is 24.3 Å². The SMILES string of the molecule is CCCn1ncc(-c2ccc(F)cc2CNC)c1C. The highest BCUT2D eigenvalue weighted by Gasteiger charge is 2.12. The van der Waals surface area contributed by atoms with Crippen LogP contribution in [-0.4, -0.2) is 16.8 Å². The van der Waals surface area contributed by atoms with Crippen molar-refractivity contribution in [2.75, 3.05) is 7.05 Å². The van der Waals surface area contributed by atoms with E-state index >= 15 is 0 Å². The van der Waals surface area contributed by atoms with Crippen LogP contribution in [0.25, 0.3) is 11.1 Å². The third kappa shape index (κ3) is 2.84. The van der Waals surface area contributed by atoms with Crippen LogP contribution in [0.2, 0.25) is 0 Å². The second-order valence-corrected chi connectivity index (χ2v) is 4.70. The number of nitrogens with zero attached hydrogens (tertiary/aromatic N) is 2. The summed E-state index contributed by atoms with van der Waals surface area (Å²) in [4.78, 5) is 0. The third-order valence-corrected chi connectivity index (χ3v) is 3.26. The van der Waals surface area contributed by atoms with E-state index in [9.17, 15) is 4.39 Å². The molecule has 102 valence electrons. The quantitative estimate of drug-likeness (QED) is 0.896. The lowest BCUT2D eigenvalue weighted by atomic mass is 10.00. The summed E-state index contributed by atoms with van der Waals surface area (Å²) >= 11 is 0. The van der Waals surface area contributed by atoms with Gasteiger partial charge < -0.3 is 5.32 Å². The lowest BCUT2D eigenvalue weighted by Crippen LogP contribution is -2.07. The molecule has 0 bridgehead atoms. The van der Waals surface area contributed by atoms with Crippen LogP contribution in [0, 0.1) is 12.7 Å². The van der Waals surface area contributed by atoms with E-state index in [-0.39, 0.29) is 5.82 Å². The van der Waals surface area contributed by atoms with E-state index in [1.165, 1.54) is 6.07 Å². The van der Waals surface area contributed by atoms with Crippen molar-refractivity contribution < 1.29 is 4.39 Å². The van der Waals surface area contributed by atoms with Gasteiger partial charge in [-0.2, -0.15) is 5.10 Å². The summed E-state index contributed by atoms with van der Waals surface area (Å²) in [7, 11) is 1.86. The van der Waals surface area contributed by atoms with Crippen molar-refractivity contribution >= 4 is 0 Å². The van der Waals surface area contributed by atoms with Crippen LogP contribution >= 0.6 is 0 Å². The second kappa shape index (κ2) is 5.97. The summed E-state index contributed by atoms with van der Waals surface area (Å²) in [6, 6.07) is 4.93. The fourth-order valence-electron chi connectivity index (χ4n) is 2.31. The van der Waals surface area contributed by atoms with Gasteiger partial charge in [0.25, 0.3) is 0 Å². The minimum absolute atomic E-state index is 0.201. The highest BCUT2D eigenvalue weighted by Crippen LogP contribution is 2.27. The molecule has 4 heteroatoms. The van der Waals surface area contributed by atoms with Gasteiger partial charge in [0.15, 0.2) is 0 Å². The number of aromatic nitrogens is 2. The Morgan fingerprint density at radius 3 is 2.79 bits per heavy atom. The average Bonchev–Trinajstić information content (AvgIpc) is 2.73. The summed E-state index contributed by atoms with van der Waals surface area (Å²) in [5.74, 6) is -0.201. The maximum atomic E-state index is 13.4. The first-order valence-electron chi connectivity index (χ1n) is 6.63. The fraction of sp³-hybridized carbons (Fsp3) is 0.400. The Morgan fingerprint density at radius 2 is 2.11 bits per heavy atom. The maximum absolute atomic E-state index is 13.4. The molecule has 3 nitrogen and oxygen atoms in total. The van der Waals surface area contributed by atoms with Crippen LogP contribution in [0.3, 0.4) is 0 Å². The highest BCUT2D eigenvalue weighted by molar-refractivity contribution is 5.69. The van der Waals surface area contributed by atoms with E-state index in [0.29, 0.717) is 6.54 Å². The van der Waals surface area contributed by atoms with E-state index in [1.54, 1.807) is 6.07 Å². The Kier molecular flexibility index (Phi) is 4.32. The number of benzene rings is 1. The molecule has 0 saturated carbocycles. The van der Waals surface area contributed by atoms with Crippen molar-refractivity contribution in [2.45, 2.75) is 33.4 Å². The minimum atomic E-state index is -0.201. The zero-order valence-electron chi connectivity index (χ0n) is 11.7. The Bertz CT molecular complexity index is 561. The van der Waals surface area contributed by atoms with Crippen molar-refractivity contribution in [2.24, 2.45) is 0 Å². The molecule has 0 spiro atoms. The van der Waals surface area contributed by atoms with Crippen LogP contribution in [0.4, 0.5) is 4.39 Å². The van der Waals surface area contributed by atoms with Crippen molar-refractivity contribution in [3.63, 3.8) is 0 Å². The topological polar surface area (TPSA) is 29.9 Å². The van der Waals surface area contributed by atoms with E-state index in [2.05, 4.69) is 24.3 Å². The largest absolute Gasteiger partial charge is 0.316 e. The first-order chi connectivity index (χ1) is 9.17. The third-order valence-electron chi connectivity index (χ3n) is 3.26. The van der Waals surface area contributed by atoms with Gasteiger partial charge in [-0.05, 0) is 43.7 Å². The zero-order chi connectivity index (χ0) is 13.8. The molecule has 0 aliphatic rings. The molecule has 1 heterocycles. The predicted octanol–water partition coefficient (Wildman–Crippen LogP) is 3.13. The molecule has 1 aromatic heterocycles. The van der Waals surface area contributed by atoms with Crippen LogP contribution in [0.15, 0.2) is 24.4 Å². The Hall–Kier alpha value is -1.68. The van der Waals surface area contributed by atoms with Crippen molar-refractivity contribution in [3.8, 4) is 11.1 Å². The number of nitrogens with one attached hydrogen (secondary N) is 1. The van der Waals surface area contributed by atoms with Gasteiger partial charge in [-0.3, -0.25) is 4.68 Å². The van der Waals surface area contributed by atoms with Crippen molar-refractivity contribution in [3.05, 3.63) is 41.5 Å². The number of hydrogen-bond donors (Lipinski definition) is 1. The second-order valence-electron chi connectivity index (χ2n) is 4.70. The molecule has 1 N–H and O–H groups in total. The van der Waals surface area contributed by atoms with Gasteiger partial charge in [0.2, 0.25) is 0 Å². The Labute approximate surface area is 113 Å². The van der Waals surface area contributed by atoms with Crippen LogP contribution < -0.4 is 5.32 Å². The summed E-state index contributed by atoms with van der Waals surface area (Å²) in [5, 5.41) is 7.49. The number of aryl methyl sites for hydroxylation is 1. The maximum Gasteiger partial charge on any atom is 0.123 e.